The lowest BCUT2D eigenvalue weighted by atomic mass is 10.0. The van der Waals surface area contributed by atoms with E-state index in [9.17, 15) is 9.59 Å². The molecule has 0 aromatic heterocycles. The molecule has 2 rings (SSSR count). The number of amides is 1. The van der Waals surface area contributed by atoms with E-state index in [0.717, 1.165) is 24.0 Å². The highest BCUT2D eigenvalue weighted by Gasteiger charge is 2.32. The fourth-order valence-corrected chi connectivity index (χ4v) is 1.89. The number of carbonyl (C=O) groups excluding carboxylic acids is 1. The molecule has 2 N–H and O–H groups in total. The number of hydrogen-bond acceptors (Lipinski definition) is 2. The van der Waals surface area contributed by atoms with E-state index in [1.54, 1.807) is 0 Å². The fourth-order valence-electron chi connectivity index (χ4n) is 1.89. The monoisotopic (exact) mass is 247 g/mol. The van der Waals surface area contributed by atoms with Crippen molar-refractivity contribution < 1.29 is 14.7 Å². The number of carboxylic acids is 1. The SMILES string of the molecule is Cc1ccccc1C[C@@H](NC(=O)C1CC1)C(=O)O. The molecule has 0 unspecified atom stereocenters. The number of benzene rings is 1. The first-order valence-electron chi connectivity index (χ1n) is 6.15. The van der Waals surface area contributed by atoms with Crippen LogP contribution in [0, 0.1) is 12.8 Å². The van der Waals surface area contributed by atoms with E-state index in [-0.39, 0.29) is 11.8 Å². The predicted octanol–water partition coefficient (Wildman–Crippen LogP) is 1.52. The summed E-state index contributed by atoms with van der Waals surface area (Å²) in [5, 5.41) is 11.8. The van der Waals surface area contributed by atoms with Crippen LogP contribution in [0.1, 0.15) is 24.0 Å². The number of aryl methyl sites for hydroxylation is 1. The van der Waals surface area contributed by atoms with Crippen LogP contribution < -0.4 is 5.32 Å². The molecule has 0 bridgehead atoms. The van der Waals surface area contributed by atoms with Crippen LogP contribution in [0.3, 0.4) is 0 Å². The van der Waals surface area contributed by atoms with Crippen LogP contribution in [0.25, 0.3) is 0 Å². The van der Waals surface area contributed by atoms with Crippen LogP contribution >= 0.6 is 0 Å². The number of aliphatic carboxylic acids is 1. The number of nitrogens with one attached hydrogen (secondary N) is 1. The third-order valence-electron chi connectivity index (χ3n) is 3.25. The second-order valence-electron chi connectivity index (χ2n) is 4.80. The summed E-state index contributed by atoms with van der Waals surface area (Å²) >= 11 is 0. The molecule has 0 saturated heterocycles. The van der Waals surface area contributed by atoms with Crippen molar-refractivity contribution in [1.82, 2.24) is 5.32 Å². The van der Waals surface area contributed by atoms with Crippen LogP contribution in [-0.4, -0.2) is 23.0 Å². The molecule has 1 aliphatic carbocycles. The van der Waals surface area contributed by atoms with Gasteiger partial charge in [0.15, 0.2) is 0 Å². The summed E-state index contributed by atoms with van der Waals surface area (Å²) in [4.78, 5) is 22.8. The Kier molecular flexibility index (Phi) is 3.65. The van der Waals surface area contributed by atoms with Crippen molar-refractivity contribution in [3.63, 3.8) is 0 Å². The Morgan fingerprint density at radius 2 is 2.06 bits per heavy atom. The molecule has 0 spiro atoms. The van der Waals surface area contributed by atoms with E-state index in [1.807, 2.05) is 31.2 Å². The number of rotatable bonds is 5. The van der Waals surface area contributed by atoms with Gasteiger partial charge in [0.1, 0.15) is 6.04 Å². The van der Waals surface area contributed by atoms with Gasteiger partial charge in [0.25, 0.3) is 0 Å². The molecule has 96 valence electrons. The maximum Gasteiger partial charge on any atom is 0.326 e. The molecule has 1 aliphatic rings. The molecule has 18 heavy (non-hydrogen) atoms. The zero-order valence-electron chi connectivity index (χ0n) is 10.3. The number of carboxylic acid groups (broad SMARTS) is 1. The van der Waals surface area contributed by atoms with E-state index >= 15 is 0 Å². The molecular formula is C14H17NO3. The Bertz CT molecular complexity index is 466. The van der Waals surface area contributed by atoms with Gasteiger partial charge in [-0.15, -0.1) is 0 Å². The highest BCUT2D eigenvalue weighted by atomic mass is 16.4. The maximum absolute atomic E-state index is 11.6. The van der Waals surface area contributed by atoms with Gasteiger partial charge in [-0.3, -0.25) is 4.79 Å². The van der Waals surface area contributed by atoms with Gasteiger partial charge in [0.05, 0.1) is 0 Å². The van der Waals surface area contributed by atoms with Gasteiger partial charge in [-0.25, -0.2) is 4.79 Å². The topological polar surface area (TPSA) is 66.4 Å². The first kappa shape index (κ1) is 12.6. The van der Waals surface area contributed by atoms with Crippen LogP contribution in [0.4, 0.5) is 0 Å². The smallest absolute Gasteiger partial charge is 0.326 e. The van der Waals surface area contributed by atoms with Gasteiger partial charge in [0.2, 0.25) is 5.91 Å². The van der Waals surface area contributed by atoms with E-state index in [1.165, 1.54) is 0 Å². The minimum absolute atomic E-state index is 0.0312. The van der Waals surface area contributed by atoms with E-state index in [4.69, 9.17) is 5.11 Å². The van der Waals surface area contributed by atoms with Crippen molar-refractivity contribution >= 4 is 11.9 Å². The summed E-state index contributed by atoms with van der Waals surface area (Å²) in [5.74, 6) is -1.08. The van der Waals surface area contributed by atoms with E-state index in [0.29, 0.717) is 6.42 Å². The lowest BCUT2D eigenvalue weighted by Gasteiger charge is -2.15. The molecule has 0 radical (unpaired) electrons. The molecule has 1 fully saturated rings. The van der Waals surface area contributed by atoms with E-state index in [2.05, 4.69) is 5.32 Å². The summed E-state index contributed by atoms with van der Waals surface area (Å²) in [7, 11) is 0. The molecule has 0 heterocycles. The van der Waals surface area contributed by atoms with Crippen molar-refractivity contribution in [2.24, 2.45) is 5.92 Å². The Morgan fingerprint density at radius 3 is 2.61 bits per heavy atom. The number of hydrogen-bond donors (Lipinski definition) is 2. The molecule has 4 nitrogen and oxygen atoms in total. The second-order valence-corrected chi connectivity index (χ2v) is 4.80. The third-order valence-corrected chi connectivity index (χ3v) is 3.25. The van der Waals surface area contributed by atoms with Crippen molar-refractivity contribution in [2.75, 3.05) is 0 Å². The highest BCUT2D eigenvalue weighted by Crippen LogP contribution is 2.29. The molecule has 1 aromatic carbocycles. The molecule has 1 atom stereocenters. The van der Waals surface area contributed by atoms with Gasteiger partial charge in [-0.2, -0.15) is 0 Å². The second kappa shape index (κ2) is 5.21. The highest BCUT2D eigenvalue weighted by molar-refractivity contribution is 5.86. The summed E-state index contributed by atoms with van der Waals surface area (Å²) in [6.45, 7) is 1.94. The van der Waals surface area contributed by atoms with Crippen molar-refractivity contribution in [3.05, 3.63) is 35.4 Å². The molecule has 1 amide bonds. The summed E-state index contributed by atoms with van der Waals surface area (Å²) in [6, 6.07) is 6.80. The van der Waals surface area contributed by atoms with Gasteiger partial charge in [-0.1, -0.05) is 24.3 Å². The summed E-state index contributed by atoms with van der Waals surface area (Å²) in [5.41, 5.74) is 2.01. The van der Waals surface area contributed by atoms with Crippen molar-refractivity contribution in [3.8, 4) is 0 Å². The normalized spacial score (nSPS) is 16.1. The van der Waals surface area contributed by atoms with Crippen LogP contribution in [-0.2, 0) is 16.0 Å². The Labute approximate surface area is 106 Å². The third kappa shape index (κ3) is 3.09. The number of carbonyl (C=O) groups is 2. The average molecular weight is 247 g/mol. The Balaban J connectivity index is 2.04. The molecule has 4 heteroatoms. The molecule has 0 aliphatic heterocycles. The van der Waals surface area contributed by atoms with Gasteiger partial charge >= 0.3 is 5.97 Å². The quantitative estimate of drug-likeness (QED) is 0.829. The zero-order chi connectivity index (χ0) is 13.1. The van der Waals surface area contributed by atoms with Crippen LogP contribution in [0.2, 0.25) is 0 Å². The largest absolute Gasteiger partial charge is 0.480 e. The van der Waals surface area contributed by atoms with Crippen LogP contribution in [0.15, 0.2) is 24.3 Å². The van der Waals surface area contributed by atoms with Gasteiger partial charge < -0.3 is 10.4 Å². The van der Waals surface area contributed by atoms with Crippen LogP contribution in [0.5, 0.6) is 0 Å². The van der Waals surface area contributed by atoms with Gasteiger partial charge in [0, 0.05) is 12.3 Å². The summed E-state index contributed by atoms with van der Waals surface area (Å²) < 4.78 is 0. The minimum Gasteiger partial charge on any atom is -0.480 e. The molecule has 1 saturated carbocycles. The van der Waals surface area contributed by atoms with Crippen molar-refractivity contribution in [1.29, 1.82) is 0 Å². The van der Waals surface area contributed by atoms with Gasteiger partial charge in [-0.05, 0) is 30.9 Å². The first-order valence-corrected chi connectivity index (χ1v) is 6.15. The maximum atomic E-state index is 11.6. The lowest BCUT2D eigenvalue weighted by Crippen LogP contribution is -2.43. The Hall–Kier alpha value is -1.84. The zero-order valence-corrected chi connectivity index (χ0v) is 10.3. The van der Waals surface area contributed by atoms with Crippen molar-refractivity contribution in [2.45, 2.75) is 32.2 Å². The Morgan fingerprint density at radius 1 is 1.39 bits per heavy atom. The van der Waals surface area contributed by atoms with E-state index < -0.39 is 12.0 Å². The minimum atomic E-state index is -0.979. The summed E-state index contributed by atoms with van der Waals surface area (Å²) in [6.07, 6.45) is 2.09. The fraction of sp³-hybridized carbons (Fsp3) is 0.429. The standard InChI is InChI=1S/C14H17NO3/c1-9-4-2-3-5-11(9)8-12(14(17)18)15-13(16)10-6-7-10/h2-5,10,12H,6-8H2,1H3,(H,15,16)(H,17,18)/t12-/m1/s1. The molecule has 1 aromatic rings. The first-order chi connectivity index (χ1) is 8.58. The molecular weight excluding hydrogens is 230 g/mol. The lowest BCUT2D eigenvalue weighted by molar-refractivity contribution is -0.142. The predicted molar refractivity (Wildman–Crippen MR) is 67.2 cm³/mol. The average Bonchev–Trinajstić information content (AvgIpc) is 3.14.